The van der Waals surface area contributed by atoms with Crippen molar-refractivity contribution in [1.82, 2.24) is 0 Å². The van der Waals surface area contributed by atoms with Crippen LogP contribution in [0.15, 0.2) is 9.52 Å². The lowest BCUT2D eigenvalue weighted by molar-refractivity contribution is 0.244. The van der Waals surface area contributed by atoms with Gasteiger partial charge in [0.1, 0.15) is 10.6 Å². The van der Waals surface area contributed by atoms with Gasteiger partial charge in [-0.15, -0.1) is 0 Å². The smallest absolute Gasteiger partial charge is 0.124 e. The summed E-state index contributed by atoms with van der Waals surface area (Å²) in [5, 5.41) is 8.90. The number of hydrogen-bond donors (Lipinski definition) is 2. The quantitative estimate of drug-likeness (QED) is 0.665. The lowest BCUT2D eigenvalue weighted by Gasteiger charge is -2.03. The Kier molecular flexibility index (Phi) is 5.17. The van der Waals surface area contributed by atoms with E-state index < -0.39 is 6.10 Å². The molecule has 0 heterocycles. The third-order valence-electron chi connectivity index (χ3n) is 0.646. The highest BCUT2D eigenvalue weighted by Gasteiger charge is 2.08. The molecule has 9 heavy (non-hydrogen) atoms. The lowest BCUT2D eigenvalue weighted by Crippen LogP contribution is -2.08. The number of thiol groups is 1. The minimum absolute atomic E-state index is 0.0355. The zero-order chi connectivity index (χ0) is 7.44. The zero-order valence-electron chi connectivity index (χ0n) is 4.31. The van der Waals surface area contributed by atoms with Crippen LogP contribution in [0.5, 0.6) is 0 Å². The van der Waals surface area contributed by atoms with Crippen LogP contribution in [0.1, 0.15) is 0 Å². The summed E-state index contributed by atoms with van der Waals surface area (Å²) in [6, 6.07) is 0. The van der Waals surface area contributed by atoms with Crippen LogP contribution in [0.3, 0.4) is 0 Å². The van der Waals surface area contributed by atoms with Crippen LogP contribution in [0.4, 0.5) is 0 Å². The Morgan fingerprint density at radius 3 is 2.00 bits per heavy atom. The van der Waals surface area contributed by atoms with Crippen molar-refractivity contribution in [2.24, 2.45) is 0 Å². The molecule has 0 aliphatic heterocycles. The number of aliphatic hydroxyl groups excluding tert-OH is 1. The molecule has 0 spiro atoms. The predicted molar refractivity (Wildman–Crippen MR) is 44.4 cm³/mol. The lowest BCUT2D eigenvalue weighted by atomic mass is 10.4. The van der Waals surface area contributed by atoms with Gasteiger partial charge in [-0.1, -0.05) is 34.8 Å². The minimum atomic E-state index is -0.861. The van der Waals surface area contributed by atoms with Crippen LogP contribution in [0, 0.1) is 0 Å². The average Bonchev–Trinajstić information content (AvgIpc) is 1.84. The molecule has 5 heteroatoms. The second kappa shape index (κ2) is 4.69. The molecule has 0 aromatic heterocycles. The fourth-order valence-electron chi connectivity index (χ4n) is 0.206. The Bertz CT molecular complexity index is 121. The van der Waals surface area contributed by atoms with Gasteiger partial charge in [-0.2, -0.15) is 12.6 Å². The summed E-state index contributed by atoms with van der Waals surface area (Å²) in [7, 11) is 0. The topological polar surface area (TPSA) is 20.2 Å². The molecule has 0 amide bonds. The third-order valence-corrected chi connectivity index (χ3v) is 2.03. The van der Waals surface area contributed by atoms with E-state index in [9.17, 15) is 0 Å². The van der Waals surface area contributed by atoms with Crippen molar-refractivity contribution in [3.05, 3.63) is 9.52 Å². The van der Waals surface area contributed by atoms with Crippen LogP contribution in [0.25, 0.3) is 0 Å². The summed E-state index contributed by atoms with van der Waals surface area (Å²) in [6.07, 6.45) is -0.861. The van der Waals surface area contributed by atoms with Gasteiger partial charge >= 0.3 is 0 Å². The Balaban J connectivity index is 4.02. The molecule has 1 nitrogen and oxygen atoms in total. The van der Waals surface area contributed by atoms with Gasteiger partial charge in [-0.05, 0) is 0 Å². The summed E-state index contributed by atoms with van der Waals surface area (Å²) in [4.78, 5) is 0. The molecule has 0 fully saturated rings. The standard InChI is InChI=1S/C4H5Cl3OS/c5-3(4(6)7)2(8)1-9/h2,8-9H,1H2. The Labute approximate surface area is 74.0 Å². The molecule has 0 aromatic carbocycles. The van der Waals surface area contributed by atoms with Crippen molar-refractivity contribution in [3.8, 4) is 0 Å². The number of hydrogen-bond acceptors (Lipinski definition) is 2. The normalized spacial score (nSPS) is 13.0. The van der Waals surface area contributed by atoms with E-state index >= 15 is 0 Å². The van der Waals surface area contributed by atoms with Crippen LogP contribution >= 0.6 is 47.4 Å². The first-order valence-electron chi connectivity index (χ1n) is 2.09. The van der Waals surface area contributed by atoms with Crippen LogP contribution in [-0.4, -0.2) is 17.0 Å². The van der Waals surface area contributed by atoms with Crippen molar-refractivity contribution >= 4 is 47.4 Å². The maximum Gasteiger partial charge on any atom is 0.124 e. The van der Waals surface area contributed by atoms with Crippen LogP contribution in [-0.2, 0) is 0 Å². The van der Waals surface area contributed by atoms with Gasteiger partial charge in [-0.3, -0.25) is 0 Å². The number of aliphatic hydroxyl groups is 1. The van der Waals surface area contributed by atoms with Gasteiger partial charge in [0.25, 0.3) is 0 Å². The summed E-state index contributed by atoms with van der Waals surface area (Å²) in [6.45, 7) is 0. The van der Waals surface area contributed by atoms with E-state index in [-0.39, 0.29) is 15.3 Å². The fraction of sp³-hybridized carbons (Fsp3) is 0.500. The van der Waals surface area contributed by atoms with Crippen molar-refractivity contribution < 1.29 is 5.11 Å². The van der Waals surface area contributed by atoms with Crippen molar-refractivity contribution in [3.63, 3.8) is 0 Å². The molecule has 0 aliphatic carbocycles. The molecular weight excluding hydrogens is 202 g/mol. The first-order chi connectivity index (χ1) is 4.09. The molecule has 1 unspecified atom stereocenters. The predicted octanol–water partition coefficient (Wildman–Crippen LogP) is 2.16. The first kappa shape index (κ1) is 9.92. The number of rotatable bonds is 2. The highest BCUT2D eigenvalue weighted by molar-refractivity contribution is 7.80. The van der Waals surface area contributed by atoms with E-state index in [1.807, 2.05) is 0 Å². The van der Waals surface area contributed by atoms with Gasteiger partial charge in [0, 0.05) is 5.75 Å². The summed E-state index contributed by atoms with van der Waals surface area (Å²) in [5.74, 6) is 0.210. The molecule has 0 radical (unpaired) electrons. The summed E-state index contributed by atoms with van der Waals surface area (Å²) >= 11 is 19.6. The van der Waals surface area contributed by atoms with Gasteiger partial charge in [-0.25, -0.2) is 0 Å². The fourth-order valence-corrected chi connectivity index (χ4v) is 0.825. The molecule has 1 N–H and O–H groups in total. The second-order valence-corrected chi connectivity index (χ2v) is 3.03. The molecule has 54 valence electrons. The Morgan fingerprint density at radius 2 is 1.89 bits per heavy atom. The largest absolute Gasteiger partial charge is 0.387 e. The monoisotopic (exact) mass is 206 g/mol. The molecule has 0 bridgehead atoms. The molecule has 0 aliphatic rings. The van der Waals surface area contributed by atoms with Gasteiger partial charge in [0.15, 0.2) is 0 Å². The van der Waals surface area contributed by atoms with E-state index in [1.54, 1.807) is 0 Å². The maximum atomic E-state index is 8.86. The van der Waals surface area contributed by atoms with E-state index in [0.29, 0.717) is 0 Å². The molecule has 0 saturated carbocycles. The Hall–Kier alpha value is 0.920. The van der Waals surface area contributed by atoms with Crippen molar-refractivity contribution in [1.29, 1.82) is 0 Å². The third kappa shape index (κ3) is 3.58. The molecule has 0 rings (SSSR count). The van der Waals surface area contributed by atoms with Gasteiger partial charge in [0.05, 0.1) is 5.03 Å². The van der Waals surface area contributed by atoms with Crippen molar-refractivity contribution in [2.75, 3.05) is 5.75 Å². The average molecular weight is 208 g/mol. The zero-order valence-corrected chi connectivity index (χ0v) is 7.47. The van der Waals surface area contributed by atoms with Crippen LogP contribution in [0.2, 0.25) is 0 Å². The second-order valence-electron chi connectivity index (χ2n) is 1.31. The highest BCUT2D eigenvalue weighted by Crippen LogP contribution is 2.21. The van der Waals surface area contributed by atoms with E-state index in [1.165, 1.54) is 0 Å². The molecular formula is C4H5Cl3OS. The van der Waals surface area contributed by atoms with E-state index in [2.05, 4.69) is 12.6 Å². The summed E-state index contributed by atoms with van der Waals surface area (Å²) in [5.41, 5.74) is 0. The highest BCUT2D eigenvalue weighted by atomic mass is 35.5. The van der Waals surface area contributed by atoms with Crippen LogP contribution < -0.4 is 0 Å². The maximum absolute atomic E-state index is 8.86. The Morgan fingerprint density at radius 1 is 1.44 bits per heavy atom. The first-order valence-corrected chi connectivity index (χ1v) is 3.85. The molecule has 1 atom stereocenters. The summed E-state index contributed by atoms with van der Waals surface area (Å²) < 4.78 is -0.113. The number of halogens is 3. The molecule has 0 aromatic rings. The van der Waals surface area contributed by atoms with E-state index in [4.69, 9.17) is 39.9 Å². The van der Waals surface area contributed by atoms with Crippen molar-refractivity contribution in [2.45, 2.75) is 6.10 Å². The van der Waals surface area contributed by atoms with E-state index in [0.717, 1.165) is 0 Å². The molecule has 0 saturated heterocycles. The SMILES string of the molecule is OC(CS)C(Cl)=C(Cl)Cl. The minimum Gasteiger partial charge on any atom is -0.387 e. The van der Waals surface area contributed by atoms with Gasteiger partial charge < -0.3 is 5.11 Å². The van der Waals surface area contributed by atoms with Gasteiger partial charge in [0.2, 0.25) is 0 Å².